The molecular weight excluding hydrogens is 528 g/mol. The third-order valence-corrected chi connectivity index (χ3v) is 8.23. The van der Waals surface area contributed by atoms with E-state index in [4.69, 9.17) is 9.84 Å². The second-order valence-electron chi connectivity index (χ2n) is 10.0. The van der Waals surface area contributed by atoms with E-state index in [-0.39, 0.29) is 30.6 Å². The van der Waals surface area contributed by atoms with Crippen molar-refractivity contribution in [2.45, 2.75) is 48.3 Å². The number of likely N-dealkylation sites (tertiary alicyclic amines) is 1. The summed E-state index contributed by atoms with van der Waals surface area (Å²) in [5.74, 6) is -0.701. The molecule has 2 aliphatic heterocycles. The first-order valence-corrected chi connectivity index (χ1v) is 14.1. The van der Waals surface area contributed by atoms with E-state index in [1.807, 2.05) is 59.6 Å². The number of carbonyl (C=O) groups excluding carboxylic acids is 2. The molecule has 40 heavy (non-hydrogen) atoms. The number of benzene rings is 2. The number of amides is 3. The molecule has 1 unspecified atom stereocenters. The zero-order valence-corrected chi connectivity index (χ0v) is 23.1. The largest absolute Gasteiger partial charge is 0.482 e. The molecule has 0 radical (unpaired) electrons. The number of carbonyl (C=O) groups is 3. The number of aromatic nitrogens is 1. The number of carboxylic acids is 1. The number of ether oxygens (including phenoxy) is 1. The van der Waals surface area contributed by atoms with Crippen molar-refractivity contribution >= 4 is 29.7 Å². The maximum atomic E-state index is 13.2. The predicted octanol–water partition coefficient (Wildman–Crippen LogP) is 4.69. The Morgan fingerprint density at radius 3 is 2.38 bits per heavy atom. The number of aliphatic carboxylic acids is 1. The molecule has 9 nitrogen and oxygen atoms in total. The Hall–Kier alpha value is -3.89. The Morgan fingerprint density at radius 1 is 1.02 bits per heavy atom. The van der Waals surface area contributed by atoms with Crippen molar-refractivity contribution in [1.82, 2.24) is 19.7 Å². The van der Waals surface area contributed by atoms with Gasteiger partial charge in [0.25, 0.3) is 0 Å². The molecule has 0 bridgehead atoms. The molecular formula is C30H32N4O5S. The smallest absolute Gasteiger partial charge is 0.341 e. The van der Waals surface area contributed by atoms with Crippen LogP contribution in [0.15, 0.2) is 82.8 Å². The topological polar surface area (TPSA) is 103 Å². The van der Waals surface area contributed by atoms with E-state index in [1.165, 1.54) is 23.6 Å². The molecule has 0 aliphatic carbocycles. The first kappa shape index (κ1) is 27.7. The fourth-order valence-electron chi connectivity index (χ4n) is 5.28. The van der Waals surface area contributed by atoms with Gasteiger partial charge in [0.05, 0.1) is 12.6 Å². The van der Waals surface area contributed by atoms with Gasteiger partial charge >= 0.3 is 12.0 Å². The minimum atomic E-state index is -1.01. The Bertz CT molecular complexity index is 1330. The van der Waals surface area contributed by atoms with Gasteiger partial charge in [0.15, 0.2) is 6.61 Å². The van der Waals surface area contributed by atoms with E-state index >= 15 is 0 Å². The molecule has 0 spiro atoms. The summed E-state index contributed by atoms with van der Waals surface area (Å²) in [6.07, 6.45) is 3.61. The van der Waals surface area contributed by atoms with Crippen molar-refractivity contribution in [2.24, 2.45) is 0 Å². The maximum absolute atomic E-state index is 13.2. The second-order valence-corrected chi connectivity index (χ2v) is 11.1. The highest BCUT2D eigenvalue weighted by atomic mass is 32.2. The van der Waals surface area contributed by atoms with Gasteiger partial charge in [-0.3, -0.25) is 14.6 Å². The lowest BCUT2D eigenvalue weighted by molar-refractivity contribution is -0.139. The van der Waals surface area contributed by atoms with Gasteiger partial charge in [0.2, 0.25) is 5.91 Å². The Morgan fingerprint density at radius 2 is 1.75 bits per heavy atom. The third kappa shape index (κ3) is 6.63. The Kier molecular flexibility index (Phi) is 8.66. The number of hydrogen-bond acceptors (Lipinski definition) is 7. The summed E-state index contributed by atoms with van der Waals surface area (Å²) < 4.78 is 5.18. The van der Waals surface area contributed by atoms with Gasteiger partial charge < -0.3 is 14.7 Å². The number of hydrogen-bond donors (Lipinski definition) is 1. The van der Waals surface area contributed by atoms with E-state index in [0.29, 0.717) is 12.3 Å². The number of carboxylic acid groups (broad SMARTS) is 1. The van der Waals surface area contributed by atoms with E-state index in [2.05, 4.69) is 16.0 Å². The molecule has 3 amide bonds. The Balaban J connectivity index is 1.14. The van der Waals surface area contributed by atoms with E-state index in [9.17, 15) is 14.4 Å². The van der Waals surface area contributed by atoms with Gasteiger partial charge in [-0.15, -0.1) is 0 Å². The van der Waals surface area contributed by atoms with Crippen molar-refractivity contribution in [2.75, 3.05) is 26.2 Å². The standard InChI is InChI=1S/C30H32N4O5S/c1-21(35)33-19-27(23-5-3-2-4-6-23)34(30(33)38)24-13-15-32(16-14-24)18-22-7-12-28(31-17-22)40-26-10-8-25(9-11-26)39-20-29(36)37/h2-12,17,24,27H,13-16,18-20H2,1H3,(H,36,37). The highest BCUT2D eigenvalue weighted by Crippen LogP contribution is 2.35. The zero-order chi connectivity index (χ0) is 28.1. The molecule has 10 heteroatoms. The number of piperidine rings is 1. The lowest BCUT2D eigenvalue weighted by Crippen LogP contribution is -2.47. The van der Waals surface area contributed by atoms with Crippen molar-refractivity contribution in [3.05, 3.63) is 84.1 Å². The van der Waals surface area contributed by atoms with Crippen LogP contribution in [-0.2, 0) is 16.1 Å². The van der Waals surface area contributed by atoms with Crippen LogP contribution in [0.4, 0.5) is 4.79 Å². The van der Waals surface area contributed by atoms with Crippen LogP contribution in [-0.4, -0.2) is 75.0 Å². The SMILES string of the molecule is CC(=O)N1CC(c2ccccc2)N(C2CCN(Cc3ccc(Sc4ccc(OCC(=O)O)cc4)nc3)CC2)C1=O. The quantitative estimate of drug-likeness (QED) is 0.402. The van der Waals surface area contributed by atoms with Crippen LogP contribution >= 0.6 is 11.8 Å². The number of pyridine rings is 1. The fraction of sp³-hybridized carbons (Fsp3) is 0.333. The third-order valence-electron chi connectivity index (χ3n) is 7.27. The van der Waals surface area contributed by atoms with Gasteiger partial charge in [0.1, 0.15) is 10.8 Å². The summed E-state index contributed by atoms with van der Waals surface area (Å²) in [6, 6.07) is 21.1. The van der Waals surface area contributed by atoms with Crippen molar-refractivity contribution < 1.29 is 24.2 Å². The van der Waals surface area contributed by atoms with Crippen LogP contribution < -0.4 is 4.74 Å². The minimum Gasteiger partial charge on any atom is -0.482 e. The fourth-order valence-corrected chi connectivity index (χ4v) is 6.03. The van der Waals surface area contributed by atoms with Gasteiger partial charge in [-0.1, -0.05) is 48.2 Å². The van der Waals surface area contributed by atoms with Crippen LogP contribution in [0.1, 0.15) is 36.9 Å². The van der Waals surface area contributed by atoms with E-state index < -0.39 is 5.97 Å². The molecule has 1 atom stereocenters. The highest BCUT2D eigenvalue weighted by Gasteiger charge is 2.44. The lowest BCUT2D eigenvalue weighted by atomic mass is 9.99. The van der Waals surface area contributed by atoms with Crippen LogP contribution in [0.3, 0.4) is 0 Å². The Labute approximate surface area is 237 Å². The molecule has 2 aliphatic rings. The van der Waals surface area contributed by atoms with Crippen LogP contribution in [0.25, 0.3) is 0 Å². The first-order valence-electron chi connectivity index (χ1n) is 13.3. The molecule has 2 aromatic carbocycles. The summed E-state index contributed by atoms with van der Waals surface area (Å²) in [7, 11) is 0. The predicted molar refractivity (Wildman–Crippen MR) is 150 cm³/mol. The number of imide groups is 1. The van der Waals surface area contributed by atoms with Crippen molar-refractivity contribution in [3.8, 4) is 5.75 Å². The molecule has 0 saturated carbocycles. The van der Waals surface area contributed by atoms with Gasteiger partial charge in [-0.05, 0) is 54.3 Å². The monoisotopic (exact) mass is 560 g/mol. The summed E-state index contributed by atoms with van der Waals surface area (Å²) in [4.78, 5) is 47.3. The molecule has 3 heterocycles. The molecule has 5 rings (SSSR count). The average Bonchev–Trinajstić information content (AvgIpc) is 3.32. The summed E-state index contributed by atoms with van der Waals surface area (Å²) in [6.45, 7) is 4.01. The zero-order valence-electron chi connectivity index (χ0n) is 22.3. The number of rotatable bonds is 9. The molecule has 3 aromatic rings. The normalized spacial score (nSPS) is 18.2. The first-order chi connectivity index (χ1) is 19.4. The molecule has 2 fully saturated rings. The van der Waals surface area contributed by atoms with Crippen LogP contribution in [0.5, 0.6) is 5.75 Å². The molecule has 2 saturated heterocycles. The average molecular weight is 561 g/mol. The van der Waals surface area contributed by atoms with Crippen LogP contribution in [0, 0.1) is 0 Å². The highest BCUT2D eigenvalue weighted by molar-refractivity contribution is 7.99. The van der Waals surface area contributed by atoms with E-state index in [1.54, 1.807) is 12.1 Å². The lowest BCUT2D eigenvalue weighted by Gasteiger charge is -2.38. The summed E-state index contributed by atoms with van der Waals surface area (Å²) in [5.41, 5.74) is 2.19. The van der Waals surface area contributed by atoms with Gasteiger partial charge in [-0.25, -0.2) is 14.6 Å². The van der Waals surface area contributed by atoms with E-state index in [0.717, 1.165) is 53.5 Å². The van der Waals surface area contributed by atoms with Gasteiger partial charge in [-0.2, -0.15) is 0 Å². The van der Waals surface area contributed by atoms with Crippen molar-refractivity contribution in [3.63, 3.8) is 0 Å². The number of nitrogens with zero attached hydrogens (tertiary/aromatic N) is 4. The second kappa shape index (κ2) is 12.5. The molecule has 208 valence electrons. The number of urea groups is 1. The summed E-state index contributed by atoms with van der Waals surface area (Å²) in [5, 5.41) is 9.60. The summed E-state index contributed by atoms with van der Waals surface area (Å²) >= 11 is 1.53. The van der Waals surface area contributed by atoms with Crippen molar-refractivity contribution in [1.29, 1.82) is 0 Å². The minimum absolute atomic E-state index is 0.0936. The van der Waals surface area contributed by atoms with Crippen LogP contribution in [0.2, 0.25) is 0 Å². The molecule has 1 N–H and O–H groups in total. The van der Waals surface area contributed by atoms with Gasteiger partial charge in [0, 0.05) is 43.7 Å². The molecule has 1 aromatic heterocycles. The maximum Gasteiger partial charge on any atom is 0.341 e.